The smallest absolute Gasteiger partial charge is 0.0292 e. The quantitative estimate of drug-likeness (QED) is 0.418. The van der Waals surface area contributed by atoms with Gasteiger partial charge in [-0.15, -0.1) is 0 Å². The van der Waals surface area contributed by atoms with Gasteiger partial charge in [0.25, 0.3) is 0 Å². The highest BCUT2D eigenvalue weighted by atomic mass is 14.5. The van der Waals surface area contributed by atoms with Gasteiger partial charge in [-0.25, -0.2) is 0 Å². The Morgan fingerprint density at radius 2 is 0.774 bits per heavy atom. The van der Waals surface area contributed by atoms with Crippen molar-refractivity contribution in [3.05, 3.63) is 0 Å². The first-order valence-electron chi connectivity index (χ1n) is 14.7. The Labute approximate surface area is 196 Å². The van der Waals surface area contributed by atoms with Crippen LogP contribution in [0.25, 0.3) is 0 Å². The van der Waals surface area contributed by atoms with E-state index in [1.807, 2.05) is 0 Å². The van der Waals surface area contributed by atoms with E-state index < -0.39 is 0 Å². The molecular formula is C31H56. The third-order valence-corrected chi connectivity index (χ3v) is 12.0. The zero-order chi connectivity index (χ0) is 22.2. The lowest BCUT2D eigenvalue weighted by molar-refractivity contribution is -0.0404. The van der Waals surface area contributed by atoms with Gasteiger partial charge in [0.05, 0.1) is 0 Å². The summed E-state index contributed by atoms with van der Waals surface area (Å²) < 4.78 is 0. The Morgan fingerprint density at radius 3 is 1.13 bits per heavy atom. The van der Waals surface area contributed by atoms with E-state index in [0.29, 0.717) is 10.8 Å². The summed E-state index contributed by atoms with van der Waals surface area (Å²) in [5.41, 5.74) is 1.16. The van der Waals surface area contributed by atoms with Crippen molar-refractivity contribution in [2.45, 2.75) is 138 Å². The van der Waals surface area contributed by atoms with Crippen LogP contribution < -0.4 is 0 Å². The van der Waals surface area contributed by atoms with Crippen molar-refractivity contribution in [1.82, 2.24) is 0 Å². The molecule has 0 aromatic rings. The predicted octanol–water partition coefficient (Wildman–Crippen LogP) is 9.91. The first kappa shape index (κ1) is 24.1. The van der Waals surface area contributed by atoms with Crippen molar-refractivity contribution < 1.29 is 0 Å². The first-order valence-corrected chi connectivity index (χ1v) is 14.7. The maximum absolute atomic E-state index is 2.74. The zero-order valence-electron chi connectivity index (χ0n) is 22.2. The number of rotatable bonds is 4. The van der Waals surface area contributed by atoms with Gasteiger partial charge in [-0.05, 0) is 129 Å². The van der Waals surface area contributed by atoms with Crippen LogP contribution in [0.4, 0.5) is 0 Å². The fraction of sp³-hybridized carbons (Fsp3) is 1.00. The summed E-state index contributed by atoms with van der Waals surface area (Å²) in [5.74, 6) is 8.00. The van der Waals surface area contributed by atoms with E-state index in [1.165, 1.54) is 83.5 Å². The third-order valence-electron chi connectivity index (χ3n) is 12.0. The molecule has 180 valence electrons. The molecule has 4 saturated carbocycles. The maximum Gasteiger partial charge on any atom is -0.0292 e. The Balaban J connectivity index is 1.43. The highest BCUT2D eigenvalue weighted by molar-refractivity contribution is 4.99. The van der Waals surface area contributed by atoms with Gasteiger partial charge in [-0.3, -0.25) is 0 Å². The summed E-state index contributed by atoms with van der Waals surface area (Å²) in [6.07, 6.45) is 22.8. The molecule has 6 atom stereocenters. The molecule has 0 nitrogen and oxygen atoms in total. The lowest BCUT2D eigenvalue weighted by Gasteiger charge is -2.54. The van der Waals surface area contributed by atoms with E-state index in [-0.39, 0.29) is 0 Å². The fourth-order valence-corrected chi connectivity index (χ4v) is 9.16. The van der Waals surface area contributed by atoms with Crippen LogP contribution in [0.1, 0.15) is 138 Å². The van der Waals surface area contributed by atoms with E-state index in [0.717, 1.165) is 47.3 Å². The first-order chi connectivity index (χ1) is 14.7. The average Bonchev–Trinajstić information content (AvgIpc) is 2.73. The summed E-state index contributed by atoms with van der Waals surface area (Å²) in [6, 6.07) is 0. The summed E-state index contributed by atoms with van der Waals surface area (Å²) >= 11 is 0. The molecule has 0 N–H and O–H groups in total. The van der Waals surface area contributed by atoms with Gasteiger partial charge < -0.3 is 0 Å². The van der Waals surface area contributed by atoms with E-state index >= 15 is 0 Å². The van der Waals surface area contributed by atoms with Crippen LogP contribution in [-0.4, -0.2) is 0 Å². The molecule has 0 heterocycles. The standard InChI is InChI=1S/C31H56/c1-22-7-13-26(14-8-22)28-17-11-24(3)30(5,19-28)21-31(6)20-29(18-12-25(31)4)27-15-9-23(2)10-16-27/h22-29H,7-21H2,1-6H3/t22?,23?,24-,25-,26?,27?,28-,29-,30?,31?/m0/s1. The van der Waals surface area contributed by atoms with Crippen molar-refractivity contribution in [2.24, 2.45) is 58.2 Å². The molecule has 31 heavy (non-hydrogen) atoms. The predicted molar refractivity (Wildman–Crippen MR) is 136 cm³/mol. The van der Waals surface area contributed by atoms with Gasteiger partial charge in [-0.2, -0.15) is 0 Å². The summed E-state index contributed by atoms with van der Waals surface area (Å²) in [4.78, 5) is 0. The van der Waals surface area contributed by atoms with Crippen molar-refractivity contribution in [3.63, 3.8) is 0 Å². The lowest BCUT2D eigenvalue weighted by atomic mass is 9.51. The van der Waals surface area contributed by atoms with Crippen LogP contribution >= 0.6 is 0 Å². The minimum Gasteiger partial charge on any atom is -0.0625 e. The summed E-state index contributed by atoms with van der Waals surface area (Å²) in [5, 5.41) is 0. The fourth-order valence-electron chi connectivity index (χ4n) is 9.16. The molecular weight excluding hydrogens is 372 g/mol. The Bertz CT molecular complexity index is 513. The van der Waals surface area contributed by atoms with Gasteiger partial charge in [0.15, 0.2) is 0 Å². The summed E-state index contributed by atoms with van der Waals surface area (Å²) in [7, 11) is 0. The Morgan fingerprint density at radius 1 is 0.452 bits per heavy atom. The van der Waals surface area contributed by atoms with E-state index in [1.54, 1.807) is 12.8 Å². The molecule has 0 aromatic carbocycles. The molecule has 4 rings (SSSR count). The SMILES string of the molecule is CC1CCC([C@H]2CC[C@H](C)C(C)(CC3(C)C[C@@H](C4CCC(C)CC4)CC[C@@H]3C)C2)CC1. The minimum absolute atomic E-state index is 0.581. The van der Waals surface area contributed by atoms with Crippen LogP contribution in [0.15, 0.2) is 0 Å². The van der Waals surface area contributed by atoms with Gasteiger partial charge >= 0.3 is 0 Å². The highest BCUT2D eigenvalue weighted by Gasteiger charge is 2.48. The van der Waals surface area contributed by atoms with Gasteiger partial charge in [0.2, 0.25) is 0 Å². The van der Waals surface area contributed by atoms with Crippen LogP contribution in [-0.2, 0) is 0 Å². The van der Waals surface area contributed by atoms with Crippen molar-refractivity contribution in [2.75, 3.05) is 0 Å². The van der Waals surface area contributed by atoms with E-state index in [9.17, 15) is 0 Å². The monoisotopic (exact) mass is 428 g/mol. The molecule has 4 aliphatic carbocycles. The minimum atomic E-state index is 0.581. The second-order valence-corrected chi connectivity index (χ2v) is 14.4. The largest absolute Gasteiger partial charge is 0.0625 e. The molecule has 0 spiro atoms. The van der Waals surface area contributed by atoms with Crippen molar-refractivity contribution in [3.8, 4) is 0 Å². The molecule has 0 amide bonds. The molecule has 0 heteroatoms. The van der Waals surface area contributed by atoms with Crippen LogP contribution in [0.5, 0.6) is 0 Å². The molecule has 0 saturated heterocycles. The van der Waals surface area contributed by atoms with Gasteiger partial charge in [0.1, 0.15) is 0 Å². The highest BCUT2D eigenvalue weighted by Crippen LogP contribution is 2.59. The molecule has 4 aliphatic rings. The van der Waals surface area contributed by atoms with Gasteiger partial charge in [0, 0.05) is 0 Å². The molecule has 0 radical (unpaired) electrons. The van der Waals surface area contributed by atoms with E-state index in [4.69, 9.17) is 0 Å². The number of hydrogen-bond donors (Lipinski definition) is 0. The second kappa shape index (κ2) is 9.70. The molecule has 0 aliphatic heterocycles. The van der Waals surface area contributed by atoms with Crippen LogP contribution in [0.2, 0.25) is 0 Å². The topological polar surface area (TPSA) is 0 Å². The Hall–Kier alpha value is 0. The Kier molecular flexibility index (Phi) is 7.55. The third kappa shape index (κ3) is 5.40. The zero-order valence-corrected chi connectivity index (χ0v) is 22.2. The van der Waals surface area contributed by atoms with Crippen molar-refractivity contribution >= 4 is 0 Å². The van der Waals surface area contributed by atoms with E-state index in [2.05, 4.69) is 41.5 Å². The maximum atomic E-state index is 2.74. The van der Waals surface area contributed by atoms with Crippen molar-refractivity contribution in [1.29, 1.82) is 0 Å². The average molecular weight is 429 g/mol. The molecule has 4 fully saturated rings. The molecule has 0 bridgehead atoms. The molecule has 2 unspecified atom stereocenters. The molecule has 0 aromatic heterocycles. The second-order valence-electron chi connectivity index (χ2n) is 14.4. The number of hydrogen-bond acceptors (Lipinski definition) is 0. The van der Waals surface area contributed by atoms with Crippen LogP contribution in [0.3, 0.4) is 0 Å². The van der Waals surface area contributed by atoms with Crippen LogP contribution in [0, 0.1) is 58.2 Å². The normalized spacial score (nSPS) is 52.1. The summed E-state index contributed by atoms with van der Waals surface area (Å²) in [6.45, 7) is 15.7. The lowest BCUT2D eigenvalue weighted by Crippen LogP contribution is -2.44. The van der Waals surface area contributed by atoms with Gasteiger partial charge in [-0.1, -0.05) is 67.2 Å².